The Hall–Kier alpha value is -2.04. The van der Waals surface area contributed by atoms with Crippen molar-refractivity contribution >= 4 is 12.1 Å². The Morgan fingerprint density at radius 2 is 1.87 bits per heavy atom. The van der Waals surface area contributed by atoms with Crippen LogP contribution in [0, 0.1) is 0 Å². The van der Waals surface area contributed by atoms with Crippen LogP contribution in [0.3, 0.4) is 0 Å². The summed E-state index contributed by atoms with van der Waals surface area (Å²) in [5.41, 5.74) is 1.21. The molecule has 23 heavy (non-hydrogen) atoms. The minimum absolute atomic E-state index is 0.261. The predicted molar refractivity (Wildman–Crippen MR) is 87.6 cm³/mol. The molecule has 0 aliphatic carbocycles. The van der Waals surface area contributed by atoms with E-state index in [1.165, 1.54) is 0 Å². The second-order valence-corrected chi connectivity index (χ2v) is 6.75. The molecule has 1 fully saturated rings. The number of hydrogen-bond acceptors (Lipinski definition) is 4. The zero-order chi connectivity index (χ0) is 17.0. The minimum atomic E-state index is -0.476. The lowest BCUT2D eigenvalue weighted by atomic mass is 9.97. The van der Waals surface area contributed by atoms with Crippen LogP contribution in [0.25, 0.3) is 0 Å². The van der Waals surface area contributed by atoms with Crippen LogP contribution in [0.4, 0.5) is 4.79 Å². The van der Waals surface area contributed by atoms with Crippen molar-refractivity contribution in [1.29, 1.82) is 0 Å². The van der Waals surface area contributed by atoms with E-state index in [0.717, 1.165) is 12.0 Å². The fourth-order valence-corrected chi connectivity index (χ4v) is 2.63. The standard InChI is InChI=1S/C18H25NO4/c1-5-22-16(20)14-8-6-13(7-9-14)15-10-11-19(12-15)17(21)23-18(2,3)4/h6-9,15H,5,10-12H2,1-4H3. The van der Waals surface area contributed by atoms with Gasteiger partial charge in [-0.05, 0) is 51.8 Å². The second-order valence-electron chi connectivity index (χ2n) is 6.75. The topological polar surface area (TPSA) is 55.8 Å². The van der Waals surface area contributed by atoms with E-state index in [1.807, 2.05) is 32.9 Å². The quantitative estimate of drug-likeness (QED) is 0.799. The molecule has 1 atom stereocenters. The summed E-state index contributed by atoms with van der Waals surface area (Å²) in [6.45, 7) is 9.10. The van der Waals surface area contributed by atoms with Crippen molar-refractivity contribution < 1.29 is 19.1 Å². The molecule has 1 aromatic carbocycles. The Labute approximate surface area is 137 Å². The normalized spacial score (nSPS) is 17.9. The highest BCUT2D eigenvalue weighted by Crippen LogP contribution is 2.28. The van der Waals surface area contributed by atoms with Crippen LogP contribution in [-0.2, 0) is 9.47 Å². The predicted octanol–water partition coefficient (Wildman–Crippen LogP) is 3.59. The van der Waals surface area contributed by atoms with Crippen LogP contribution < -0.4 is 0 Å². The average molecular weight is 319 g/mol. The molecule has 126 valence electrons. The van der Waals surface area contributed by atoms with Crippen LogP contribution in [0.1, 0.15) is 56.0 Å². The highest BCUT2D eigenvalue weighted by molar-refractivity contribution is 5.89. The van der Waals surface area contributed by atoms with Crippen LogP contribution in [0.2, 0.25) is 0 Å². The maximum atomic E-state index is 12.1. The molecule has 1 unspecified atom stereocenters. The number of benzene rings is 1. The summed E-state index contributed by atoms with van der Waals surface area (Å²) in [6.07, 6.45) is 0.640. The molecule has 5 nitrogen and oxygen atoms in total. The Bertz CT molecular complexity index is 559. The van der Waals surface area contributed by atoms with Crippen molar-refractivity contribution in [1.82, 2.24) is 4.90 Å². The van der Waals surface area contributed by atoms with Crippen molar-refractivity contribution in [3.63, 3.8) is 0 Å². The Balaban J connectivity index is 1.96. The first-order chi connectivity index (χ1) is 10.8. The Morgan fingerprint density at radius 3 is 2.43 bits per heavy atom. The average Bonchev–Trinajstić information content (AvgIpc) is 2.96. The number of amides is 1. The third-order valence-corrected chi connectivity index (χ3v) is 3.73. The summed E-state index contributed by atoms with van der Waals surface area (Å²) in [6, 6.07) is 7.44. The van der Waals surface area contributed by atoms with E-state index < -0.39 is 5.60 Å². The SMILES string of the molecule is CCOC(=O)c1ccc(C2CCN(C(=O)OC(C)(C)C)C2)cc1. The molecule has 0 saturated carbocycles. The number of nitrogens with zero attached hydrogens (tertiary/aromatic N) is 1. The summed E-state index contributed by atoms with van der Waals surface area (Å²) in [4.78, 5) is 25.5. The number of carbonyl (C=O) groups is 2. The maximum Gasteiger partial charge on any atom is 0.410 e. The minimum Gasteiger partial charge on any atom is -0.462 e. The molecule has 0 N–H and O–H groups in total. The van der Waals surface area contributed by atoms with Gasteiger partial charge in [-0.25, -0.2) is 9.59 Å². The summed E-state index contributed by atoms with van der Waals surface area (Å²) in [5.74, 6) is -0.0281. The van der Waals surface area contributed by atoms with Gasteiger partial charge in [0.2, 0.25) is 0 Å². The van der Waals surface area contributed by atoms with Gasteiger partial charge in [0, 0.05) is 19.0 Å². The molecule has 0 bridgehead atoms. The number of likely N-dealkylation sites (tertiary alicyclic amines) is 1. The molecular weight excluding hydrogens is 294 g/mol. The first-order valence-corrected chi connectivity index (χ1v) is 8.05. The van der Waals surface area contributed by atoms with Gasteiger partial charge in [-0.15, -0.1) is 0 Å². The monoisotopic (exact) mass is 319 g/mol. The molecule has 1 aliphatic rings. The van der Waals surface area contributed by atoms with Crippen molar-refractivity contribution in [3.05, 3.63) is 35.4 Å². The van der Waals surface area contributed by atoms with Gasteiger partial charge in [0.15, 0.2) is 0 Å². The van der Waals surface area contributed by atoms with Gasteiger partial charge >= 0.3 is 12.1 Å². The molecule has 2 rings (SSSR count). The molecule has 0 aromatic heterocycles. The molecule has 1 aliphatic heterocycles. The first-order valence-electron chi connectivity index (χ1n) is 8.05. The van der Waals surface area contributed by atoms with E-state index in [0.29, 0.717) is 25.3 Å². The third-order valence-electron chi connectivity index (χ3n) is 3.73. The molecule has 1 amide bonds. The lowest BCUT2D eigenvalue weighted by molar-refractivity contribution is 0.0292. The highest BCUT2D eigenvalue weighted by atomic mass is 16.6. The van der Waals surface area contributed by atoms with Crippen molar-refractivity contribution in [2.24, 2.45) is 0 Å². The van der Waals surface area contributed by atoms with E-state index >= 15 is 0 Å². The number of ether oxygens (including phenoxy) is 2. The van der Waals surface area contributed by atoms with Crippen molar-refractivity contribution in [3.8, 4) is 0 Å². The van der Waals surface area contributed by atoms with E-state index in [1.54, 1.807) is 24.0 Å². The third kappa shape index (κ3) is 4.71. The van der Waals surface area contributed by atoms with Crippen LogP contribution in [0.15, 0.2) is 24.3 Å². The van der Waals surface area contributed by atoms with Gasteiger partial charge in [-0.3, -0.25) is 0 Å². The maximum absolute atomic E-state index is 12.1. The van der Waals surface area contributed by atoms with Crippen LogP contribution in [0.5, 0.6) is 0 Å². The van der Waals surface area contributed by atoms with E-state index in [9.17, 15) is 9.59 Å². The lowest BCUT2D eigenvalue weighted by Crippen LogP contribution is -2.35. The highest BCUT2D eigenvalue weighted by Gasteiger charge is 2.30. The second kappa shape index (κ2) is 7.02. The zero-order valence-corrected chi connectivity index (χ0v) is 14.3. The smallest absolute Gasteiger partial charge is 0.410 e. The Kier molecular flexibility index (Phi) is 5.29. The molecule has 1 saturated heterocycles. The fraction of sp³-hybridized carbons (Fsp3) is 0.556. The van der Waals surface area contributed by atoms with Gasteiger partial charge in [-0.2, -0.15) is 0 Å². The van der Waals surface area contributed by atoms with E-state index in [4.69, 9.17) is 9.47 Å². The summed E-state index contributed by atoms with van der Waals surface area (Å²) in [5, 5.41) is 0. The number of carbonyl (C=O) groups excluding carboxylic acids is 2. The van der Waals surface area contributed by atoms with Crippen molar-refractivity contribution in [2.75, 3.05) is 19.7 Å². The Morgan fingerprint density at radius 1 is 1.22 bits per heavy atom. The summed E-state index contributed by atoms with van der Waals surface area (Å²) in [7, 11) is 0. The van der Waals surface area contributed by atoms with Crippen LogP contribution in [-0.4, -0.2) is 42.3 Å². The van der Waals surface area contributed by atoms with Gasteiger partial charge in [0.25, 0.3) is 0 Å². The number of esters is 1. The lowest BCUT2D eigenvalue weighted by Gasteiger charge is -2.24. The van der Waals surface area contributed by atoms with Gasteiger partial charge < -0.3 is 14.4 Å². The first kappa shape index (κ1) is 17.3. The molecule has 0 spiro atoms. The molecular formula is C18H25NO4. The van der Waals surface area contributed by atoms with E-state index in [2.05, 4.69) is 0 Å². The van der Waals surface area contributed by atoms with E-state index in [-0.39, 0.29) is 18.0 Å². The molecule has 5 heteroatoms. The molecule has 1 heterocycles. The summed E-state index contributed by atoms with van der Waals surface area (Å²) < 4.78 is 10.4. The van der Waals surface area contributed by atoms with Gasteiger partial charge in [-0.1, -0.05) is 12.1 Å². The molecule has 0 radical (unpaired) electrons. The van der Waals surface area contributed by atoms with Gasteiger partial charge in [0.1, 0.15) is 5.60 Å². The number of rotatable bonds is 3. The molecule has 1 aromatic rings. The van der Waals surface area contributed by atoms with Crippen LogP contribution >= 0.6 is 0 Å². The largest absolute Gasteiger partial charge is 0.462 e. The number of hydrogen-bond donors (Lipinski definition) is 0. The van der Waals surface area contributed by atoms with Crippen molar-refractivity contribution in [2.45, 2.75) is 45.6 Å². The van der Waals surface area contributed by atoms with Gasteiger partial charge in [0.05, 0.1) is 12.2 Å². The zero-order valence-electron chi connectivity index (χ0n) is 14.3. The fourth-order valence-electron chi connectivity index (χ4n) is 2.63. The summed E-state index contributed by atoms with van der Waals surface area (Å²) >= 11 is 0.